The van der Waals surface area contributed by atoms with Crippen molar-refractivity contribution < 1.29 is 13.2 Å². The highest BCUT2D eigenvalue weighted by molar-refractivity contribution is 7.92. The average Bonchev–Trinajstić information content (AvgIpc) is 3.02. The number of aryl methyl sites for hydroxylation is 1. The zero-order chi connectivity index (χ0) is 18.4. The number of H-pyrrole nitrogens is 1. The fraction of sp³-hybridized carbons (Fsp3) is 0.533. The topological polar surface area (TPSA) is 113 Å². The molecule has 2 N–H and O–H groups in total. The Morgan fingerprint density at radius 1 is 1.32 bits per heavy atom. The Kier molecular flexibility index (Phi) is 4.10. The lowest BCUT2D eigenvalue weighted by atomic mass is 9.93. The lowest BCUT2D eigenvalue weighted by Crippen LogP contribution is -2.42. The van der Waals surface area contributed by atoms with Gasteiger partial charge in [-0.15, -0.1) is 0 Å². The quantitative estimate of drug-likeness (QED) is 0.841. The van der Waals surface area contributed by atoms with Gasteiger partial charge in [0.05, 0.1) is 17.7 Å². The zero-order valence-corrected chi connectivity index (χ0v) is 15.5. The number of aromatic nitrogens is 4. The van der Waals surface area contributed by atoms with E-state index in [-0.39, 0.29) is 22.3 Å². The Morgan fingerprint density at radius 2 is 2.00 bits per heavy atom. The van der Waals surface area contributed by atoms with Crippen LogP contribution in [0.15, 0.2) is 17.6 Å². The van der Waals surface area contributed by atoms with Crippen LogP contribution in [0, 0.1) is 0 Å². The molecule has 1 aliphatic rings. The molecule has 136 valence electrons. The minimum absolute atomic E-state index is 0.0776. The largest absolute Gasteiger partial charge is 0.347 e. The first-order valence-corrected chi connectivity index (χ1v) is 9.47. The van der Waals surface area contributed by atoms with E-state index < -0.39 is 15.4 Å². The second-order valence-electron chi connectivity index (χ2n) is 7.15. The van der Waals surface area contributed by atoms with E-state index in [1.165, 1.54) is 17.2 Å². The molecule has 2 aromatic heterocycles. The van der Waals surface area contributed by atoms with Crippen LogP contribution in [0.2, 0.25) is 0 Å². The van der Waals surface area contributed by atoms with Gasteiger partial charge in [-0.25, -0.2) is 4.98 Å². The number of imidazole rings is 1. The van der Waals surface area contributed by atoms with Gasteiger partial charge in [0, 0.05) is 31.7 Å². The first kappa shape index (κ1) is 17.5. The summed E-state index contributed by atoms with van der Waals surface area (Å²) in [5.74, 6) is -0.275. The third-order valence-corrected chi connectivity index (χ3v) is 5.34. The van der Waals surface area contributed by atoms with Gasteiger partial charge in [-0.05, 0) is 6.42 Å². The molecule has 1 aliphatic heterocycles. The number of sulfonamides is 1. The number of hydrogen-bond donors (Lipinski definition) is 2. The van der Waals surface area contributed by atoms with E-state index >= 15 is 0 Å². The molecule has 0 bridgehead atoms. The Balaban J connectivity index is 1.95. The zero-order valence-electron chi connectivity index (χ0n) is 14.7. The van der Waals surface area contributed by atoms with Crippen LogP contribution in [-0.4, -0.2) is 52.1 Å². The summed E-state index contributed by atoms with van der Waals surface area (Å²) in [5.41, 5.74) is 0.326. The van der Waals surface area contributed by atoms with Crippen molar-refractivity contribution in [2.45, 2.75) is 37.6 Å². The molecule has 3 heterocycles. The van der Waals surface area contributed by atoms with Crippen molar-refractivity contribution in [3.05, 3.63) is 23.9 Å². The molecule has 3 rings (SSSR count). The number of carbonyl (C=O) groups is 1. The number of anilines is 1. The van der Waals surface area contributed by atoms with Crippen LogP contribution in [0.1, 0.15) is 43.4 Å². The molecule has 25 heavy (non-hydrogen) atoms. The summed E-state index contributed by atoms with van der Waals surface area (Å²) in [5, 5.41) is 4.04. The molecule has 0 unspecified atom stereocenters. The van der Waals surface area contributed by atoms with Crippen molar-refractivity contribution >= 4 is 21.6 Å². The fourth-order valence-corrected chi connectivity index (χ4v) is 3.97. The number of hydrogen-bond acceptors (Lipinski definition) is 5. The second-order valence-corrected chi connectivity index (χ2v) is 8.75. The van der Waals surface area contributed by atoms with Crippen LogP contribution < -0.4 is 4.72 Å². The molecule has 0 saturated carbocycles. The maximum atomic E-state index is 12.8. The lowest BCUT2D eigenvalue weighted by molar-refractivity contribution is 0.0646. The molecule has 1 fully saturated rings. The number of nitrogens with zero attached hydrogens (tertiary/aromatic N) is 4. The molecule has 10 heteroatoms. The highest BCUT2D eigenvalue weighted by atomic mass is 32.2. The van der Waals surface area contributed by atoms with Gasteiger partial charge in [0.2, 0.25) is 0 Å². The van der Waals surface area contributed by atoms with Crippen molar-refractivity contribution in [1.82, 2.24) is 24.6 Å². The summed E-state index contributed by atoms with van der Waals surface area (Å²) in [7, 11) is -2.32. The molecule has 0 radical (unpaired) electrons. The predicted octanol–water partition coefficient (Wildman–Crippen LogP) is 1.09. The molecule has 0 aromatic carbocycles. The first-order valence-electron chi connectivity index (χ1n) is 7.99. The van der Waals surface area contributed by atoms with Crippen LogP contribution in [0.25, 0.3) is 0 Å². The molecule has 2 aromatic rings. The van der Waals surface area contributed by atoms with E-state index in [1.54, 1.807) is 11.9 Å². The number of amides is 1. The van der Waals surface area contributed by atoms with E-state index in [4.69, 9.17) is 0 Å². The van der Waals surface area contributed by atoms with Crippen LogP contribution in [0.5, 0.6) is 0 Å². The fourth-order valence-electron chi connectivity index (χ4n) is 2.61. The molecule has 0 aliphatic carbocycles. The Bertz CT molecular complexity index is 902. The third kappa shape index (κ3) is 3.26. The summed E-state index contributed by atoms with van der Waals surface area (Å²) in [6.07, 6.45) is 3.78. The van der Waals surface area contributed by atoms with E-state index in [9.17, 15) is 13.2 Å². The normalized spacial score (nSPS) is 15.1. The monoisotopic (exact) mass is 366 g/mol. The van der Waals surface area contributed by atoms with Crippen molar-refractivity contribution in [1.29, 1.82) is 0 Å². The summed E-state index contributed by atoms with van der Waals surface area (Å²) in [4.78, 5) is 20.9. The highest BCUT2D eigenvalue weighted by Gasteiger charge is 2.32. The molecular weight excluding hydrogens is 344 g/mol. The van der Waals surface area contributed by atoms with Crippen molar-refractivity contribution in [2.24, 2.45) is 7.05 Å². The second kappa shape index (κ2) is 5.87. The number of likely N-dealkylation sites (tertiary alicyclic amines) is 1. The van der Waals surface area contributed by atoms with E-state index in [0.29, 0.717) is 18.8 Å². The van der Waals surface area contributed by atoms with Crippen molar-refractivity contribution in [3.8, 4) is 0 Å². The summed E-state index contributed by atoms with van der Waals surface area (Å²) in [6, 6.07) is 0. The Labute approximate surface area is 146 Å². The van der Waals surface area contributed by atoms with Crippen LogP contribution >= 0.6 is 0 Å². The van der Waals surface area contributed by atoms with Gasteiger partial charge in [-0.1, -0.05) is 20.8 Å². The molecule has 9 nitrogen and oxygen atoms in total. The predicted molar refractivity (Wildman–Crippen MR) is 91.8 cm³/mol. The Hall–Kier alpha value is -2.36. The SMILES string of the molecule is Cn1cc(NS(=O)(=O)c2nc[nH]c2C(C)(C)C)c(C(=O)N2CCC2)n1. The van der Waals surface area contributed by atoms with E-state index in [1.807, 2.05) is 20.8 Å². The highest BCUT2D eigenvalue weighted by Crippen LogP contribution is 2.28. The molecule has 0 atom stereocenters. The maximum absolute atomic E-state index is 12.8. The molecular formula is C15H22N6O3S. The summed E-state index contributed by atoms with van der Waals surface area (Å²) in [6.45, 7) is 7.00. The van der Waals surface area contributed by atoms with Gasteiger partial charge in [-0.3, -0.25) is 14.2 Å². The molecule has 0 spiro atoms. The van der Waals surface area contributed by atoms with E-state index in [2.05, 4.69) is 19.8 Å². The molecule has 1 saturated heterocycles. The maximum Gasteiger partial charge on any atom is 0.281 e. The Morgan fingerprint density at radius 3 is 2.56 bits per heavy atom. The number of nitrogens with one attached hydrogen (secondary N) is 2. The van der Waals surface area contributed by atoms with Gasteiger partial charge in [-0.2, -0.15) is 13.5 Å². The first-order chi connectivity index (χ1) is 11.6. The van der Waals surface area contributed by atoms with Gasteiger partial charge in [0.1, 0.15) is 0 Å². The minimum atomic E-state index is -3.96. The van der Waals surface area contributed by atoms with Gasteiger partial charge >= 0.3 is 0 Å². The van der Waals surface area contributed by atoms with Gasteiger partial charge in [0.15, 0.2) is 10.7 Å². The average molecular weight is 366 g/mol. The summed E-state index contributed by atoms with van der Waals surface area (Å²) >= 11 is 0. The molecule has 1 amide bonds. The third-order valence-electron chi connectivity index (χ3n) is 4.03. The lowest BCUT2D eigenvalue weighted by Gasteiger charge is -2.30. The van der Waals surface area contributed by atoms with Crippen LogP contribution in [0.4, 0.5) is 5.69 Å². The van der Waals surface area contributed by atoms with Gasteiger partial charge < -0.3 is 9.88 Å². The minimum Gasteiger partial charge on any atom is -0.347 e. The number of aromatic amines is 1. The van der Waals surface area contributed by atoms with E-state index in [0.717, 1.165) is 6.42 Å². The van der Waals surface area contributed by atoms with Crippen molar-refractivity contribution in [2.75, 3.05) is 17.8 Å². The van der Waals surface area contributed by atoms with Crippen LogP contribution in [0.3, 0.4) is 0 Å². The van der Waals surface area contributed by atoms with Gasteiger partial charge in [0.25, 0.3) is 15.9 Å². The van der Waals surface area contributed by atoms with Crippen LogP contribution in [-0.2, 0) is 22.5 Å². The number of rotatable bonds is 4. The smallest absolute Gasteiger partial charge is 0.281 e. The standard InChI is InChI=1S/C15H22N6O3S/c1-15(2,3)12-13(17-9-16-12)25(23,24)19-10-8-20(4)18-11(10)14(22)21-6-5-7-21/h8-9,19H,5-7H2,1-4H3,(H,16,17). The number of carbonyl (C=O) groups excluding carboxylic acids is 1. The summed E-state index contributed by atoms with van der Waals surface area (Å²) < 4.78 is 29.5. The van der Waals surface area contributed by atoms with Crippen molar-refractivity contribution in [3.63, 3.8) is 0 Å².